The molecular weight excluding hydrogens is 482 g/mol. The van der Waals surface area contributed by atoms with Crippen molar-refractivity contribution in [2.24, 2.45) is 5.10 Å². The van der Waals surface area contributed by atoms with Crippen molar-refractivity contribution in [3.63, 3.8) is 0 Å². The van der Waals surface area contributed by atoms with Gasteiger partial charge in [-0.25, -0.2) is 18.6 Å². The van der Waals surface area contributed by atoms with Gasteiger partial charge in [0.15, 0.2) is 0 Å². The van der Waals surface area contributed by atoms with Crippen LogP contribution in [0, 0.1) is 6.92 Å². The minimum Gasteiger partial charge on any atom is -0.493 e. The Morgan fingerprint density at radius 2 is 1.67 bits per heavy atom. The van der Waals surface area contributed by atoms with Crippen LogP contribution in [0.15, 0.2) is 88.9 Å². The summed E-state index contributed by atoms with van der Waals surface area (Å²) in [6, 6.07) is 21.2. The van der Waals surface area contributed by atoms with Crippen LogP contribution in [0.3, 0.4) is 0 Å². The van der Waals surface area contributed by atoms with E-state index in [1.54, 1.807) is 60.7 Å². The summed E-state index contributed by atoms with van der Waals surface area (Å²) in [6.07, 6.45) is 1.18. The number of aliphatic carboxylic acids is 1. The molecule has 0 fully saturated rings. The molecule has 3 aromatic rings. The number of rotatable bonds is 12. The fraction of sp³-hybridized carbons (Fsp3) is 0.192. The first kappa shape index (κ1) is 26.6. The first-order chi connectivity index (χ1) is 17.2. The highest BCUT2D eigenvalue weighted by atomic mass is 32.2. The van der Waals surface area contributed by atoms with E-state index in [9.17, 15) is 18.0 Å². The summed E-state index contributed by atoms with van der Waals surface area (Å²) < 4.78 is 33.8. The van der Waals surface area contributed by atoms with E-state index in [0.29, 0.717) is 16.9 Å². The number of hydrazone groups is 1. The van der Waals surface area contributed by atoms with E-state index < -0.39 is 27.9 Å². The van der Waals surface area contributed by atoms with Gasteiger partial charge in [-0.05, 0) is 54.4 Å². The van der Waals surface area contributed by atoms with Crippen LogP contribution in [-0.2, 0) is 19.6 Å². The molecule has 0 aliphatic carbocycles. The molecule has 9 nitrogen and oxygen atoms in total. The first-order valence-corrected chi connectivity index (χ1v) is 12.6. The maximum atomic E-state index is 12.9. The Hall–Kier alpha value is -4.02. The largest absolute Gasteiger partial charge is 0.493 e. The van der Waals surface area contributed by atoms with Gasteiger partial charge in [-0.15, -0.1) is 0 Å². The van der Waals surface area contributed by atoms with Crippen LogP contribution in [-0.4, -0.2) is 38.2 Å². The number of hydrogen-bond acceptors (Lipinski definition) is 6. The number of nitrogens with one attached hydrogen (secondary N) is 2. The van der Waals surface area contributed by atoms with Gasteiger partial charge in [0.05, 0.1) is 30.2 Å². The second-order valence-electron chi connectivity index (χ2n) is 7.96. The van der Waals surface area contributed by atoms with E-state index in [0.717, 1.165) is 5.56 Å². The van der Waals surface area contributed by atoms with Crippen LogP contribution in [0.2, 0.25) is 0 Å². The summed E-state index contributed by atoms with van der Waals surface area (Å²) >= 11 is 0. The highest BCUT2D eigenvalue weighted by Gasteiger charge is 2.23. The Morgan fingerprint density at radius 3 is 2.31 bits per heavy atom. The highest BCUT2D eigenvalue weighted by molar-refractivity contribution is 7.89. The number of carbonyl (C=O) groups excluding carboxylic acids is 1. The maximum absolute atomic E-state index is 12.9. The van der Waals surface area contributed by atoms with Crippen LogP contribution >= 0.6 is 0 Å². The molecule has 10 heteroatoms. The third kappa shape index (κ3) is 8.33. The van der Waals surface area contributed by atoms with Gasteiger partial charge in [0.2, 0.25) is 15.9 Å². The summed E-state index contributed by atoms with van der Waals surface area (Å²) in [4.78, 5) is 23.2. The number of carboxylic acid groups (broad SMARTS) is 1. The van der Waals surface area contributed by atoms with Gasteiger partial charge in [-0.2, -0.15) is 5.10 Å². The lowest BCUT2D eigenvalue weighted by Gasteiger charge is -2.18. The predicted molar refractivity (Wildman–Crippen MR) is 135 cm³/mol. The predicted octanol–water partition coefficient (Wildman–Crippen LogP) is 3.41. The van der Waals surface area contributed by atoms with Gasteiger partial charge < -0.3 is 9.84 Å². The molecule has 0 aromatic heterocycles. The zero-order valence-electron chi connectivity index (χ0n) is 19.6. The lowest BCUT2D eigenvalue weighted by atomic mass is 10.0. The van der Waals surface area contributed by atoms with Gasteiger partial charge in [-0.3, -0.25) is 9.59 Å². The number of sulfonamides is 1. The van der Waals surface area contributed by atoms with E-state index in [-0.39, 0.29) is 24.3 Å². The summed E-state index contributed by atoms with van der Waals surface area (Å²) in [6.45, 7) is 1.93. The first-order valence-electron chi connectivity index (χ1n) is 11.1. The minimum absolute atomic E-state index is 0.0646. The Balaban J connectivity index is 1.62. The molecular formula is C26H27N3O6S. The normalized spacial score (nSPS) is 12.2. The quantitative estimate of drug-likeness (QED) is 0.253. The highest BCUT2D eigenvalue weighted by Crippen LogP contribution is 2.21. The van der Waals surface area contributed by atoms with Crippen LogP contribution < -0.4 is 14.9 Å². The molecule has 188 valence electrons. The van der Waals surface area contributed by atoms with Gasteiger partial charge in [0, 0.05) is 6.42 Å². The van der Waals surface area contributed by atoms with Crippen LogP contribution in [0.5, 0.6) is 5.75 Å². The second-order valence-corrected chi connectivity index (χ2v) is 9.67. The lowest BCUT2D eigenvalue weighted by molar-refractivity contribution is -0.137. The zero-order chi connectivity index (χ0) is 26.0. The van der Waals surface area contributed by atoms with E-state index in [1.807, 2.05) is 13.0 Å². The number of ether oxygens (including phenoxy) is 1. The monoisotopic (exact) mass is 509 g/mol. The fourth-order valence-corrected chi connectivity index (χ4v) is 4.43. The summed E-state index contributed by atoms with van der Waals surface area (Å²) in [5.41, 5.74) is 4.69. The third-order valence-electron chi connectivity index (χ3n) is 5.09. The van der Waals surface area contributed by atoms with E-state index in [4.69, 9.17) is 9.84 Å². The number of benzene rings is 3. The number of amides is 1. The number of carboxylic acids is 1. The Bertz CT molecular complexity index is 1290. The summed E-state index contributed by atoms with van der Waals surface area (Å²) in [7, 11) is -3.86. The molecule has 0 aliphatic heterocycles. The van der Waals surface area contributed by atoms with Crippen LogP contribution in [0.4, 0.5) is 0 Å². The molecule has 0 bridgehead atoms. The topological polar surface area (TPSA) is 134 Å². The average Bonchev–Trinajstić information content (AvgIpc) is 2.85. The van der Waals surface area contributed by atoms with Gasteiger partial charge in [0.1, 0.15) is 5.75 Å². The SMILES string of the molecule is Cc1ccc(S(=O)(=O)N[C@@H](CC(=O)N/N=C\c2ccc(OCCC(=O)O)cc2)c2ccccc2)cc1. The van der Waals surface area contributed by atoms with E-state index in [1.165, 1.54) is 18.3 Å². The van der Waals surface area contributed by atoms with Crippen molar-refractivity contribution in [3.05, 3.63) is 95.6 Å². The van der Waals surface area contributed by atoms with Crippen molar-refractivity contribution in [1.29, 1.82) is 0 Å². The molecule has 3 aromatic carbocycles. The van der Waals surface area contributed by atoms with Gasteiger partial charge in [-0.1, -0.05) is 48.0 Å². The standard InChI is InChI=1S/C26H27N3O6S/c1-19-7-13-23(14-8-19)36(33,34)29-24(21-5-3-2-4-6-21)17-25(30)28-27-18-20-9-11-22(12-10-20)35-16-15-26(31)32/h2-14,18,24,29H,15-17H2,1H3,(H,28,30)(H,31,32)/b27-18-/t24-/m0/s1. The molecule has 1 amide bonds. The van der Waals surface area contributed by atoms with Crippen molar-refractivity contribution in [2.45, 2.75) is 30.7 Å². The number of aryl methyl sites for hydroxylation is 1. The maximum Gasteiger partial charge on any atom is 0.306 e. The number of carbonyl (C=O) groups is 2. The molecule has 0 aliphatic rings. The second kappa shape index (κ2) is 12.6. The molecule has 0 heterocycles. The Kier molecular flexibility index (Phi) is 9.32. The van der Waals surface area contributed by atoms with Crippen molar-refractivity contribution in [1.82, 2.24) is 10.1 Å². The molecule has 0 saturated carbocycles. The Morgan fingerprint density at radius 1 is 1.00 bits per heavy atom. The van der Waals surface area contributed by atoms with Crippen molar-refractivity contribution < 1.29 is 27.9 Å². The van der Waals surface area contributed by atoms with Crippen molar-refractivity contribution in [2.75, 3.05) is 6.61 Å². The average molecular weight is 510 g/mol. The van der Waals surface area contributed by atoms with E-state index in [2.05, 4.69) is 15.2 Å². The molecule has 3 rings (SSSR count). The Labute approximate surface area is 209 Å². The van der Waals surface area contributed by atoms with Crippen molar-refractivity contribution >= 4 is 28.1 Å². The lowest BCUT2D eigenvalue weighted by Crippen LogP contribution is -2.32. The smallest absolute Gasteiger partial charge is 0.306 e. The van der Waals surface area contributed by atoms with Crippen LogP contribution in [0.1, 0.15) is 35.6 Å². The fourth-order valence-electron chi connectivity index (χ4n) is 3.20. The number of hydrogen-bond donors (Lipinski definition) is 3. The number of nitrogens with zero attached hydrogens (tertiary/aromatic N) is 1. The zero-order valence-corrected chi connectivity index (χ0v) is 20.4. The van der Waals surface area contributed by atoms with E-state index >= 15 is 0 Å². The minimum atomic E-state index is -3.86. The molecule has 1 atom stereocenters. The molecule has 0 saturated heterocycles. The molecule has 0 spiro atoms. The third-order valence-corrected chi connectivity index (χ3v) is 6.58. The molecule has 0 unspecified atom stereocenters. The van der Waals surface area contributed by atoms with Crippen LogP contribution in [0.25, 0.3) is 0 Å². The van der Waals surface area contributed by atoms with Gasteiger partial charge >= 0.3 is 5.97 Å². The molecule has 0 radical (unpaired) electrons. The van der Waals surface area contributed by atoms with Crippen molar-refractivity contribution in [3.8, 4) is 5.75 Å². The molecule has 3 N–H and O–H groups in total. The van der Waals surface area contributed by atoms with Gasteiger partial charge in [0.25, 0.3) is 0 Å². The summed E-state index contributed by atoms with van der Waals surface area (Å²) in [5, 5.41) is 12.6. The molecule has 36 heavy (non-hydrogen) atoms. The summed E-state index contributed by atoms with van der Waals surface area (Å²) in [5.74, 6) is -0.892.